The molecule has 0 aromatic rings. The molecular weight excluding hydrogens is 220 g/mol. The van der Waals surface area contributed by atoms with E-state index in [1.54, 1.807) is 0 Å². The molecular formula is C17H26O. The van der Waals surface area contributed by atoms with Gasteiger partial charge in [-0.1, -0.05) is 26.3 Å². The molecule has 0 spiro atoms. The van der Waals surface area contributed by atoms with Crippen molar-refractivity contribution < 1.29 is 4.74 Å². The van der Waals surface area contributed by atoms with Gasteiger partial charge in [0.15, 0.2) is 0 Å². The zero-order valence-electron chi connectivity index (χ0n) is 12.4. The van der Waals surface area contributed by atoms with Crippen molar-refractivity contribution in [3.63, 3.8) is 0 Å². The Kier molecular flexibility index (Phi) is 3.70. The average molecular weight is 246 g/mol. The van der Waals surface area contributed by atoms with Crippen molar-refractivity contribution in [1.29, 1.82) is 0 Å². The number of hydrogen-bond donors (Lipinski definition) is 0. The van der Waals surface area contributed by atoms with E-state index < -0.39 is 0 Å². The summed E-state index contributed by atoms with van der Waals surface area (Å²) in [5.74, 6) is 2.55. The Labute approximate surface area is 112 Å². The van der Waals surface area contributed by atoms with Crippen LogP contribution in [-0.2, 0) is 4.74 Å². The molecule has 1 aliphatic heterocycles. The SMILES string of the molecule is CC1=CC(C)(C)OC2=C1[C@H](CCC(C)C)CC=C2. The topological polar surface area (TPSA) is 9.23 Å². The fourth-order valence-electron chi connectivity index (χ4n) is 3.06. The Hall–Kier alpha value is -0.980. The van der Waals surface area contributed by atoms with E-state index in [1.165, 1.54) is 30.4 Å². The predicted molar refractivity (Wildman–Crippen MR) is 77.3 cm³/mol. The molecule has 1 heteroatoms. The third kappa shape index (κ3) is 2.88. The Morgan fingerprint density at radius 1 is 1.39 bits per heavy atom. The molecule has 2 rings (SSSR count). The molecule has 0 aromatic heterocycles. The summed E-state index contributed by atoms with van der Waals surface area (Å²) in [6, 6.07) is 0. The van der Waals surface area contributed by atoms with E-state index >= 15 is 0 Å². The first-order valence-corrected chi connectivity index (χ1v) is 7.18. The lowest BCUT2D eigenvalue weighted by molar-refractivity contribution is 0.0762. The second kappa shape index (κ2) is 4.95. The first-order chi connectivity index (χ1) is 8.39. The molecule has 1 aliphatic carbocycles. The maximum atomic E-state index is 6.10. The van der Waals surface area contributed by atoms with Gasteiger partial charge in [-0.25, -0.2) is 0 Å². The van der Waals surface area contributed by atoms with Gasteiger partial charge in [0.25, 0.3) is 0 Å². The van der Waals surface area contributed by atoms with Crippen LogP contribution < -0.4 is 0 Å². The molecule has 0 saturated heterocycles. The first-order valence-electron chi connectivity index (χ1n) is 7.18. The molecule has 18 heavy (non-hydrogen) atoms. The normalized spacial score (nSPS) is 25.9. The van der Waals surface area contributed by atoms with Gasteiger partial charge in [-0.3, -0.25) is 0 Å². The molecule has 0 amide bonds. The summed E-state index contributed by atoms with van der Waals surface area (Å²) in [4.78, 5) is 0. The largest absolute Gasteiger partial charge is 0.483 e. The van der Waals surface area contributed by atoms with Crippen molar-refractivity contribution in [2.24, 2.45) is 11.8 Å². The summed E-state index contributed by atoms with van der Waals surface area (Å²) in [6.07, 6.45) is 10.5. The molecule has 0 aromatic carbocycles. The lowest BCUT2D eigenvalue weighted by atomic mass is 9.79. The Balaban J connectivity index is 2.21. The van der Waals surface area contributed by atoms with E-state index in [1.807, 2.05) is 0 Å². The number of hydrogen-bond acceptors (Lipinski definition) is 1. The van der Waals surface area contributed by atoms with Gasteiger partial charge in [-0.15, -0.1) is 0 Å². The fraction of sp³-hybridized carbons (Fsp3) is 0.647. The van der Waals surface area contributed by atoms with Gasteiger partial charge in [0.05, 0.1) is 0 Å². The highest BCUT2D eigenvalue weighted by Gasteiger charge is 2.30. The summed E-state index contributed by atoms with van der Waals surface area (Å²) in [5, 5.41) is 0. The molecule has 0 saturated carbocycles. The van der Waals surface area contributed by atoms with E-state index in [2.05, 4.69) is 52.8 Å². The van der Waals surface area contributed by atoms with E-state index in [-0.39, 0.29) is 5.60 Å². The fourth-order valence-corrected chi connectivity index (χ4v) is 3.06. The summed E-state index contributed by atoms with van der Waals surface area (Å²) >= 11 is 0. The standard InChI is InChI=1S/C17H26O/c1-12(2)9-10-14-7-6-8-15-16(14)13(3)11-17(4,5)18-15/h6,8,11-12,14H,7,9-10H2,1-5H3/t14-/m0/s1. The average Bonchev–Trinajstić information content (AvgIpc) is 2.23. The van der Waals surface area contributed by atoms with Gasteiger partial charge in [-0.05, 0) is 63.2 Å². The van der Waals surface area contributed by atoms with Crippen molar-refractivity contribution in [2.45, 2.75) is 59.5 Å². The van der Waals surface area contributed by atoms with Crippen LogP contribution >= 0.6 is 0 Å². The highest BCUT2D eigenvalue weighted by molar-refractivity contribution is 5.44. The second-order valence-electron chi connectivity index (χ2n) is 6.62. The Bertz CT molecular complexity index is 407. The third-order valence-electron chi connectivity index (χ3n) is 3.82. The van der Waals surface area contributed by atoms with Crippen LogP contribution in [0.25, 0.3) is 0 Å². The maximum absolute atomic E-state index is 6.10. The van der Waals surface area contributed by atoms with E-state index in [4.69, 9.17) is 4.74 Å². The van der Waals surface area contributed by atoms with Gasteiger partial charge in [0, 0.05) is 5.57 Å². The highest BCUT2D eigenvalue weighted by Crippen LogP contribution is 2.40. The van der Waals surface area contributed by atoms with Crippen molar-refractivity contribution in [3.8, 4) is 0 Å². The first kappa shape index (κ1) is 13.5. The molecule has 1 heterocycles. The predicted octanol–water partition coefficient (Wildman–Crippen LogP) is 5.01. The Morgan fingerprint density at radius 3 is 2.78 bits per heavy atom. The zero-order chi connectivity index (χ0) is 13.3. The van der Waals surface area contributed by atoms with E-state index in [0.717, 1.165) is 11.7 Å². The maximum Gasteiger partial charge on any atom is 0.124 e. The van der Waals surface area contributed by atoms with Gasteiger partial charge in [0.2, 0.25) is 0 Å². The van der Waals surface area contributed by atoms with Crippen LogP contribution in [0.1, 0.15) is 53.9 Å². The molecule has 0 unspecified atom stereocenters. The molecule has 0 radical (unpaired) electrons. The van der Waals surface area contributed by atoms with Gasteiger partial charge in [-0.2, -0.15) is 0 Å². The van der Waals surface area contributed by atoms with Crippen LogP contribution in [0.3, 0.4) is 0 Å². The van der Waals surface area contributed by atoms with Crippen LogP contribution in [0.2, 0.25) is 0 Å². The molecule has 0 N–H and O–H groups in total. The number of allylic oxidation sites excluding steroid dienone is 4. The lowest BCUT2D eigenvalue weighted by Gasteiger charge is -2.36. The quantitative estimate of drug-likeness (QED) is 0.680. The summed E-state index contributed by atoms with van der Waals surface area (Å²) in [6.45, 7) is 11.1. The number of rotatable bonds is 3. The summed E-state index contributed by atoms with van der Waals surface area (Å²) < 4.78 is 6.10. The molecule has 1 atom stereocenters. The van der Waals surface area contributed by atoms with Gasteiger partial charge >= 0.3 is 0 Å². The molecule has 0 bridgehead atoms. The minimum atomic E-state index is -0.160. The Morgan fingerprint density at radius 2 is 2.11 bits per heavy atom. The van der Waals surface area contributed by atoms with Crippen LogP contribution in [0.5, 0.6) is 0 Å². The van der Waals surface area contributed by atoms with Crippen LogP contribution in [0.15, 0.2) is 35.1 Å². The van der Waals surface area contributed by atoms with Crippen LogP contribution in [0, 0.1) is 11.8 Å². The highest BCUT2D eigenvalue weighted by atomic mass is 16.5. The smallest absolute Gasteiger partial charge is 0.124 e. The van der Waals surface area contributed by atoms with E-state index in [0.29, 0.717) is 5.92 Å². The molecule has 1 nitrogen and oxygen atoms in total. The second-order valence-corrected chi connectivity index (χ2v) is 6.62. The van der Waals surface area contributed by atoms with Crippen molar-refractivity contribution in [1.82, 2.24) is 0 Å². The third-order valence-corrected chi connectivity index (χ3v) is 3.82. The van der Waals surface area contributed by atoms with Crippen molar-refractivity contribution in [2.75, 3.05) is 0 Å². The molecule has 2 aliphatic rings. The molecule has 100 valence electrons. The number of ether oxygens (including phenoxy) is 1. The van der Waals surface area contributed by atoms with Crippen LogP contribution in [0.4, 0.5) is 0 Å². The zero-order valence-corrected chi connectivity index (χ0v) is 12.4. The minimum Gasteiger partial charge on any atom is -0.483 e. The van der Waals surface area contributed by atoms with E-state index in [9.17, 15) is 0 Å². The van der Waals surface area contributed by atoms with Gasteiger partial charge < -0.3 is 4.74 Å². The minimum absolute atomic E-state index is 0.160. The summed E-state index contributed by atoms with van der Waals surface area (Å²) in [5.41, 5.74) is 2.71. The van der Waals surface area contributed by atoms with Crippen molar-refractivity contribution in [3.05, 3.63) is 35.1 Å². The van der Waals surface area contributed by atoms with Crippen molar-refractivity contribution >= 4 is 0 Å². The molecule has 0 fully saturated rings. The van der Waals surface area contributed by atoms with Crippen LogP contribution in [-0.4, -0.2) is 5.60 Å². The van der Waals surface area contributed by atoms with Gasteiger partial charge in [0.1, 0.15) is 11.4 Å². The summed E-state index contributed by atoms with van der Waals surface area (Å²) in [7, 11) is 0. The lowest BCUT2D eigenvalue weighted by Crippen LogP contribution is -2.28. The monoisotopic (exact) mass is 246 g/mol.